The summed E-state index contributed by atoms with van der Waals surface area (Å²) in [5, 5.41) is 24.3. The number of aliphatic hydroxyl groups excluding tert-OH is 2. The summed E-state index contributed by atoms with van der Waals surface area (Å²) >= 11 is 6.18. The third-order valence-corrected chi connectivity index (χ3v) is 5.64. The number of imidazole rings is 1. The molecule has 1 aromatic carbocycles. The number of phosphoric acid groups is 1. The number of hydrogen-bond donors (Lipinski definition) is 5. The lowest BCUT2D eigenvalue weighted by atomic mass is 10.1. The topological polar surface area (TPSA) is 172 Å². The van der Waals surface area contributed by atoms with Crippen LogP contribution in [0, 0.1) is 0 Å². The Bertz CT molecular complexity index is 1130. The fourth-order valence-electron chi connectivity index (χ4n) is 3.26. The van der Waals surface area contributed by atoms with Crippen LogP contribution in [0.2, 0.25) is 5.02 Å². The van der Waals surface area contributed by atoms with Gasteiger partial charge in [-0.25, -0.2) is 19.5 Å². The quantitative estimate of drug-likeness (QED) is 0.309. The summed E-state index contributed by atoms with van der Waals surface area (Å²) < 4.78 is 22.3. The van der Waals surface area contributed by atoms with Crippen LogP contribution in [0.3, 0.4) is 0 Å². The van der Waals surface area contributed by atoms with E-state index in [2.05, 4.69) is 24.8 Å². The molecular weight excluding hydrogens is 453 g/mol. The molecule has 31 heavy (non-hydrogen) atoms. The van der Waals surface area contributed by atoms with Gasteiger partial charge in [0.05, 0.1) is 12.9 Å². The van der Waals surface area contributed by atoms with E-state index in [9.17, 15) is 14.8 Å². The minimum atomic E-state index is -4.76. The van der Waals surface area contributed by atoms with Crippen LogP contribution in [0.1, 0.15) is 11.8 Å². The molecule has 14 heteroatoms. The zero-order chi connectivity index (χ0) is 22.2. The van der Waals surface area contributed by atoms with Crippen LogP contribution in [-0.2, 0) is 20.4 Å². The molecule has 166 valence electrons. The SMILES string of the molecule is O=P(O)(O)OC[C@H]1O[C@@H](n2cnc3c(NCc4ccccc4Cl)ncnc32)[C@H](O)[C@@H]1O. The molecule has 3 heterocycles. The van der Waals surface area contributed by atoms with E-state index in [0.717, 1.165) is 5.56 Å². The van der Waals surface area contributed by atoms with Crippen molar-refractivity contribution in [1.82, 2.24) is 19.5 Å². The lowest BCUT2D eigenvalue weighted by Crippen LogP contribution is -2.33. The predicted octanol–water partition coefficient (Wildman–Crippen LogP) is 0.820. The molecule has 5 N–H and O–H groups in total. The maximum Gasteiger partial charge on any atom is 0.469 e. The fraction of sp³-hybridized carbons (Fsp3) is 0.353. The highest BCUT2D eigenvalue weighted by Gasteiger charge is 2.45. The first-order chi connectivity index (χ1) is 14.7. The minimum Gasteiger partial charge on any atom is -0.387 e. The van der Waals surface area contributed by atoms with Gasteiger partial charge in [0.2, 0.25) is 0 Å². The first-order valence-electron chi connectivity index (χ1n) is 9.11. The molecule has 0 radical (unpaired) electrons. The molecule has 0 amide bonds. The van der Waals surface area contributed by atoms with Gasteiger partial charge in [0.25, 0.3) is 0 Å². The largest absolute Gasteiger partial charge is 0.469 e. The lowest BCUT2D eigenvalue weighted by molar-refractivity contribution is -0.0504. The third-order valence-electron chi connectivity index (χ3n) is 4.78. The van der Waals surface area contributed by atoms with Gasteiger partial charge < -0.3 is 30.1 Å². The molecule has 0 unspecified atom stereocenters. The molecule has 1 fully saturated rings. The number of aliphatic hydroxyl groups is 2. The molecule has 4 rings (SSSR count). The number of phosphoric ester groups is 1. The van der Waals surface area contributed by atoms with Crippen LogP contribution in [0.15, 0.2) is 36.9 Å². The number of halogens is 1. The summed E-state index contributed by atoms with van der Waals surface area (Å²) in [5.41, 5.74) is 1.58. The number of fused-ring (bicyclic) bond motifs is 1. The Kier molecular flexibility index (Phi) is 6.24. The molecule has 0 aliphatic carbocycles. The maximum absolute atomic E-state index is 10.9. The van der Waals surface area contributed by atoms with Gasteiger partial charge in [-0.1, -0.05) is 29.8 Å². The molecule has 2 aromatic heterocycles. The Hall–Kier alpha value is -2.15. The molecule has 0 spiro atoms. The Morgan fingerprint density at radius 1 is 1.19 bits per heavy atom. The molecule has 0 bridgehead atoms. The standard InChI is InChI=1S/C17H19ClN5O7P/c18-10-4-2-1-3-9(10)5-19-15-12-16(21-7-20-15)23(8-22-12)17-14(25)13(24)11(30-17)6-29-31(26,27)28/h1-4,7-8,11,13-14,17,24-25H,5-6H2,(H,19,20,21)(H2,26,27,28)/t11-,13-,14-,17-/m1/s1. The Morgan fingerprint density at radius 2 is 1.97 bits per heavy atom. The molecule has 0 saturated carbocycles. The van der Waals surface area contributed by atoms with Crippen molar-refractivity contribution in [1.29, 1.82) is 0 Å². The number of nitrogens with zero attached hydrogens (tertiary/aromatic N) is 4. The molecule has 12 nitrogen and oxygen atoms in total. The van der Waals surface area contributed by atoms with Gasteiger partial charge >= 0.3 is 7.82 Å². The highest BCUT2D eigenvalue weighted by molar-refractivity contribution is 7.46. The van der Waals surface area contributed by atoms with Crippen LogP contribution in [0.5, 0.6) is 0 Å². The summed E-state index contributed by atoms with van der Waals surface area (Å²) in [6.45, 7) is -0.215. The molecule has 4 atom stereocenters. The van der Waals surface area contributed by atoms with E-state index in [1.165, 1.54) is 17.2 Å². The smallest absolute Gasteiger partial charge is 0.387 e. The van der Waals surface area contributed by atoms with Crippen LogP contribution >= 0.6 is 19.4 Å². The zero-order valence-corrected chi connectivity index (χ0v) is 17.5. The number of benzene rings is 1. The van der Waals surface area contributed by atoms with Crippen molar-refractivity contribution >= 4 is 36.4 Å². The molecule has 1 aliphatic heterocycles. The average Bonchev–Trinajstić information content (AvgIpc) is 3.27. The van der Waals surface area contributed by atoms with Crippen molar-refractivity contribution in [3.63, 3.8) is 0 Å². The summed E-state index contributed by atoms with van der Waals surface area (Å²) in [7, 11) is -4.76. The van der Waals surface area contributed by atoms with E-state index in [4.69, 9.17) is 26.1 Å². The number of hydrogen-bond acceptors (Lipinski definition) is 9. The minimum absolute atomic E-state index is 0.324. The van der Waals surface area contributed by atoms with Gasteiger partial charge in [-0.3, -0.25) is 9.09 Å². The predicted molar refractivity (Wildman–Crippen MR) is 108 cm³/mol. The summed E-state index contributed by atoms with van der Waals surface area (Å²) in [6, 6.07) is 7.34. The highest BCUT2D eigenvalue weighted by Crippen LogP contribution is 2.39. The van der Waals surface area contributed by atoms with Crippen molar-refractivity contribution in [3.8, 4) is 0 Å². The van der Waals surface area contributed by atoms with E-state index in [1.807, 2.05) is 18.2 Å². The van der Waals surface area contributed by atoms with Crippen LogP contribution in [0.25, 0.3) is 11.2 Å². The summed E-state index contributed by atoms with van der Waals surface area (Å²) in [4.78, 5) is 30.3. The van der Waals surface area contributed by atoms with Gasteiger partial charge in [0.1, 0.15) is 24.6 Å². The lowest BCUT2D eigenvalue weighted by Gasteiger charge is -2.16. The fourth-order valence-corrected chi connectivity index (χ4v) is 3.80. The normalized spacial score (nSPS) is 24.0. The third kappa shape index (κ3) is 4.71. The number of rotatable bonds is 7. The van der Waals surface area contributed by atoms with E-state index in [1.54, 1.807) is 6.07 Å². The van der Waals surface area contributed by atoms with Crippen molar-refractivity contribution in [3.05, 3.63) is 47.5 Å². The second-order valence-corrected chi connectivity index (χ2v) is 8.47. The number of nitrogens with one attached hydrogen (secondary N) is 1. The second kappa shape index (κ2) is 8.77. The Balaban J connectivity index is 1.55. The Morgan fingerprint density at radius 3 is 2.71 bits per heavy atom. The van der Waals surface area contributed by atoms with Gasteiger partial charge in [-0.2, -0.15) is 0 Å². The van der Waals surface area contributed by atoms with E-state index < -0.39 is 39.0 Å². The first kappa shape index (κ1) is 22.1. The van der Waals surface area contributed by atoms with E-state index in [0.29, 0.717) is 28.5 Å². The van der Waals surface area contributed by atoms with Crippen LogP contribution < -0.4 is 5.32 Å². The zero-order valence-electron chi connectivity index (χ0n) is 15.8. The Labute approximate surface area is 180 Å². The average molecular weight is 472 g/mol. The molecule has 1 saturated heterocycles. The summed E-state index contributed by atoms with van der Waals surface area (Å²) in [5.74, 6) is 0.429. The highest BCUT2D eigenvalue weighted by atomic mass is 35.5. The van der Waals surface area contributed by atoms with Crippen molar-refractivity contribution in [2.75, 3.05) is 11.9 Å². The van der Waals surface area contributed by atoms with Crippen LogP contribution in [-0.4, -0.2) is 64.4 Å². The van der Waals surface area contributed by atoms with Gasteiger partial charge in [0.15, 0.2) is 23.2 Å². The monoisotopic (exact) mass is 471 g/mol. The van der Waals surface area contributed by atoms with Gasteiger partial charge in [-0.05, 0) is 11.6 Å². The second-order valence-electron chi connectivity index (χ2n) is 6.82. The van der Waals surface area contributed by atoms with Crippen molar-refractivity contribution < 1.29 is 33.8 Å². The molecule has 3 aromatic rings. The van der Waals surface area contributed by atoms with Gasteiger partial charge in [-0.15, -0.1) is 0 Å². The van der Waals surface area contributed by atoms with Crippen molar-refractivity contribution in [2.24, 2.45) is 0 Å². The van der Waals surface area contributed by atoms with Crippen LogP contribution in [0.4, 0.5) is 5.82 Å². The van der Waals surface area contributed by atoms with E-state index >= 15 is 0 Å². The molecule has 1 aliphatic rings. The summed E-state index contributed by atoms with van der Waals surface area (Å²) in [6.07, 6.45) is -2.43. The molecular formula is C17H19ClN5O7P. The maximum atomic E-state index is 10.9. The van der Waals surface area contributed by atoms with Crippen molar-refractivity contribution in [2.45, 2.75) is 31.1 Å². The number of anilines is 1. The van der Waals surface area contributed by atoms with Gasteiger partial charge in [0, 0.05) is 11.6 Å². The first-order valence-corrected chi connectivity index (χ1v) is 11.0. The van der Waals surface area contributed by atoms with E-state index in [-0.39, 0.29) is 0 Å². The number of ether oxygens (including phenoxy) is 1. The number of aromatic nitrogens is 4.